The molecule has 0 saturated heterocycles. The standard InChI is InChI=1S/C30H37N7O4/c1-2-8-36(10-11-38)28(40)20-12-19-3-4-22(15-25(19)35-26(32)14-20)30(6-7-30)29(41)34-23-13-21-18-37(27(39)16-31)9-5-24(21)33-17-23/h3-4,12-13,15,17,38H,2,5-11,14,16,18,31H2,1H3,(H2,32,35)(H,34,41). The van der Waals surface area contributed by atoms with E-state index < -0.39 is 5.41 Å². The Morgan fingerprint density at radius 1 is 1.20 bits per heavy atom. The molecule has 1 aromatic carbocycles. The number of anilines is 1. The minimum Gasteiger partial charge on any atom is -0.395 e. The predicted octanol–water partition coefficient (Wildman–Crippen LogP) is 1.60. The number of hydrogen-bond acceptors (Lipinski definition) is 8. The molecule has 5 rings (SSSR count). The highest BCUT2D eigenvalue weighted by atomic mass is 16.3. The second-order valence-electron chi connectivity index (χ2n) is 10.9. The molecule has 1 aliphatic carbocycles. The second kappa shape index (κ2) is 11.8. The Bertz CT molecular complexity index is 1420. The van der Waals surface area contributed by atoms with Gasteiger partial charge in [0.05, 0.1) is 36.1 Å². The van der Waals surface area contributed by atoms with Gasteiger partial charge in [-0.05, 0) is 48.6 Å². The third-order valence-electron chi connectivity index (χ3n) is 7.98. The number of nitrogens with zero attached hydrogens (tertiary/aromatic N) is 4. The number of nitrogens with two attached hydrogens (primary N) is 2. The molecule has 1 aromatic heterocycles. The number of amides is 3. The normalized spacial score (nSPS) is 16.9. The first-order chi connectivity index (χ1) is 19.8. The minimum atomic E-state index is -0.690. The van der Waals surface area contributed by atoms with Gasteiger partial charge in [0, 0.05) is 55.9 Å². The summed E-state index contributed by atoms with van der Waals surface area (Å²) in [7, 11) is 0. The number of rotatable bonds is 9. The van der Waals surface area contributed by atoms with Crippen LogP contribution in [0.2, 0.25) is 0 Å². The number of aromatic nitrogens is 1. The molecule has 11 nitrogen and oxygen atoms in total. The van der Waals surface area contributed by atoms with Crippen molar-refractivity contribution >= 4 is 41.0 Å². The van der Waals surface area contributed by atoms with Gasteiger partial charge < -0.3 is 31.7 Å². The maximum absolute atomic E-state index is 13.6. The van der Waals surface area contributed by atoms with Crippen LogP contribution in [-0.4, -0.2) is 76.2 Å². The SMILES string of the molecule is CCCN(CCO)C(=O)C1=Cc2ccc(C3(C(=O)Nc4cnc5c(c4)CN(C(=O)CN)CC5)CC3)cc2N=C(N)C1. The number of nitrogens with one attached hydrogen (secondary N) is 1. The van der Waals surface area contributed by atoms with Crippen molar-refractivity contribution in [2.75, 3.05) is 38.1 Å². The van der Waals surface area contributed by atoms with Crippen molar-refractivity contribution < 1.29 is 19.5 Å². The molecule has 216 valence electrons. The smallest absolute Gasteiger partial charge is 0.250 e. The van der Waals surface area contributed by atoms with Crippen LogP contribution in [0.5, 0.6) is 0 Å². The molecule has 0 unspecified atom stereocenters. The Balaban J connectivity index is 1.36. The van der Waals surface area contributed by atoms with Crippen LogP contribution in [0.15, 0.2) is 41.0 Å². The van der Waals surface area contributed by atoms with Crippen LogP contribution in [0, 0.1) is 0 Å². The van der Waals surface area contributed by atoms with E-state index >= 15 is 0 Å². The molecular weight excluding hydrogens is 522 g/mol. The molecule has 2 aliphatic heterocycles. The summed E-state index contributed by atoms with van der Waals surface area (Å²) in [5.74, 6) is -0.0786. The Morgan fingerprint density at radius 2 is 2.00 bits per heavy atom. The highest BCUT2D eigenvalue weighted by Crippen LogP contribution is 2.50. The Kier molecular flexibility index (Phi) is 8.18. The number of pyridine rings is 1. The number of aliphatic hydroxyl groups excluding tert-OH is 1. The lowest BCUT2D eigenvalue weighted by Crippen LogP contribution is -2.40. The van der Waals surface area contributed by atoms with Gasteiger partial charge in [0.15, 0.2) is 0 Å². The van der Waals surface area contributed by atoms with E-state index in [2.05, 4.69) is 15.3 Å². The number of aliphatic imine (C=N–C) groups is 1. The first kappa shape index (κ1) is 28.4. The van der Waals surface area contributed by atoms with Crippen molar-refractivity contribution in [2.45, 2.75) is 51.0 Å². The van der Waals surface area contributed by atoms with Crippen LogP contribution in [0.25, 0.3) is 6.08 Å². The number of benzene rings is 1. The molecule has 1 fully saturated rings. The summed E-state index contributed by atoms with van der Waals surface area (Å²) in [6, 6.07) is 7.57. The molecule has 0 radical (unpaired) electrons. The summed E-state index contributed by atoms with van der Waals surface area (Å²) in [5, 5.41) is 12.4. The summed E-state index contributed by atoms with van der Waals surface area (Å²) < 4.78 is 0. The molecular formula is C30H37N7O4. The minimum absolute atomic E-state index is 0.0351. The van der Waals surface area contributed by atoms with Crippen LogP contribution in [-0.2, 0) is 32.8 Å². The quantitative estimate of drug-likeness (QED) is 0.362. The lowest BCUT2D eigenvalue weighted by Gasteiger charge is -2.28. The van der Waals surface area contributed by atoms with Gasteiger partial charge in [-0.2, -0.15) is 0 Å². The molecule has 3 heterocycles. The third-order valence-corrected chi connectivity index (χ3v) is 7.98. The van der Waals surface area contributed by atoms with Gasteiger partial charge in [0.1, 0.15) is 5.84 Å². The second-order valence-corrected chi connectivity index (χ2v) is 10.9. The van der Waals surface area contributed by atoms with Crippen LogP contribution >= 0.6 is 0 Å². The van der Waals surface area contributed by atoms with E-state index in [1.165, 1.54) is 0 Å². The average Bonchev–Trinajstić information content (AvgIpc) is 3.80. The maximum atomic E-state index is 13.6. The zero-order valence-electron chi connectivity index (χ0n) is 23.4. The van der Waals surface area contributed by atoms with Crippen molar-refractivity contribution in [1.29, 1.82) is 0 Å². The summed E-state index contributed by atoms with van der Waals surface area (Å²) in [6.45, 7) is 3.64. The Morgan fingerprint density at radius 3 is 2.71 bits per heavy atom. The van der Waals surface area contributed by atoms with Gasteiger partial charge in [-0.25, -0.2) is 4.99 Å². The van der Waals surface area contributed by atoms with Crippen LogP contribution in [0.4, 0.5) is 11.4 Å². The van der Waals surface area contributed by atoms with Crippen LogP contribution in [0.3, 0.4) is 0 Å². The largest absolute Gasteiger partial charge is 0.395 e. The van der Waals surface area contributed by atoms with Crippen molar-refractivity contribution in [1.82, 2.24) is 14.8 Å². The molecule has 6 N–H and O–H groups in total. The number of amidine groups is 1. The summed E-state index contributed by atoms with van der Waals surface area (Å²) >= 11 is 0. The zero-order chi connectivity index (χ0) is 29.1. The molecule has 3 amide bonds. The Hall–Kier alpha value is -4.09. The molecule has 0 bridgehead atoms. The fourth-order valence-corrected chi connectivity index (χ4v) is 5.59. The van der Waals surface area contributed by atoms with E-state index in [1.54, 1.807) is 16.0 Å². The van der Waals surface area contributed by atoms with E-state index in [4.69, 9.17) is 11.5 Å². The van der Waals surface area contributed by atoms with Gasteiger partial charge in [-0.15, -0.1) is 0 Å². The first-order valence-corrected chi connectivity index (χ1v) is 14.1. The van der Waals surface area contributed by atoms with Crippen molar-refractivity contribution in [2.24, 2.45) is 16.5 Å². The van der Waals surface area contributed by atoms with E-state index in [-0.39, 0.29) is 43.8 Å². The first-order valence-electron chi connectivity index (χ1n) is 14.1. The highest BCUT2D eigenvalue weighted by Gasteiger charge is 2.51. The number of aliphatic hydroxyl groups is 1. The van der Waals surface area contributed by atoms with E-state index in [1.807, 2.05) is 37.3 Å². The van der Waals surface area contributed by atoms with Crippen molar-refractivity contribution in [3.8, 4) is 0 Å². The molecule has 0 atom stereocenters. The molecule has 11 heteroatoms. The lowest BCUT2D eigenvalue weighted by atomic mass is 9.92. The molecule has 0 spiro atoms. The Labute approximate surface area is 239 Å². The number of carbonyl (C=O) groups excluding carboxylic acids is 3. The maximum Gasteiger partial charge on any atom is 0.250 e. The molecule has 2 aromatic rings. The fraction of sp³-hybridized carbons (Fsp3) is 0.433. The van der Waals surface area contributed by atoms with Gasteiger partial charge in [0.2, 0.25) is 17.7 Å². The van der Waals surface area contributed by atoms with Crippen molar-refractivity contribution in [3.05, 3.63) is 58.4 Å². The topological polar surface area (TPSA) is 167 Å². The number of fused-ring (bicyclic) bond motifs is 2. The summed E-state index contributed by atoms with van der Waals surface area (Å²) in [6.07, 6.45) is 6.50. The average molecular weight is 560 g/mol. The summed E-state index contributed by atoms with van der Waals surface area (Å²) in [5.41, 5.74) is 16.2. The van der Waals surface area contributed by atoms with Gasteiger partial charge in [0.25, 0.3) is 0 Å². The summed E-state index contributed by atoms with van der Waals surface area (Å²) in [4.78, 5) is 51.3. The highest BCUT2D eigenvalue weighted by molar-refractivity contribution is 6.06. The number of carbonyl (C=O) groups is 3. The number of hydrogen-bond donors (Lipinski definition) is 4. The fourth-order valence-electron chi connectivity index (χ4n) is 5.59. The lowest BCUT2D eigenvalue weighted by molar-refractivity contribution is -0.130. The van der Waals surface area contributed by atoms with Crippen LogP contribution in [0.1, 0.15) is 55.0 Å². The molecule has 3 aliphatic rings. The van der Waals surface area contributed by atoms with E-state index in [9.17, 15) is 19.5 Å². The monoisotopic (exact) mass is 559 g/mol. The van der Waals surface area contributed by atoms with E-state index in [0.717, 1.165) is 28.8 Å². The van der Waals surface area contributed by atoms with Gasteiger partial charge in [-0.1, -0.05) is 19.1 Å². The van der Waals surface area contributed by atoms with Gasteiger partial charge in [-0.3, -0.25) is 19.4 Å². The zero-order valence-corrected chi connectivity index (χ0v) is 23.4. The van der Waals surface area contributed by atoms with Gasteiger partial charge >= 0.3 is 0 Å². The molecule has 1 saturated carbocycles. The van der Waals surface area contributed by atoms with Crippen LogP contribution < -0.4 is 16.8 Å². The third kappa shape index (κ3) is 5.86. The van der Waals surface area contributed by atoms with Crippen molar-refractivity contribution in [3.63, 3.8) is 0 Å². The molecule has 41 heavy (non-hydrogen) atoms. The predicted molar refractivity (Wildman–Crippen MR) is 156 cm³/mol. The van der Waals surface area contributed by atoms with E-state index in [0.29, 0.717) is 61.7 Å².